The zero-order valence-electron chi connectivity index (χ0n) is 9.83. The minimum Gasteiger partial charge on any atom is -0.350 e. The largest absolute Gasteiger partial charge is 0.350 e. The summed E-state index contributed by atoms with van der Waals surface area (Å²) in [6.07, 6.45) is 0. The normalized spacial score (nSPS) is 11.9. The molecule has 5 heteroatoms. The Morgan fingerprint density at radius 3 is 2.32 bits per heavy atom. The quantitative estimate of drug-likeness (QED) is 0.668. The molecule has 2 aromatic carbocycles. The van der Waals surface area contributed by atoms with E-state index >= 15 is 0 Å². The van der Waals surface area contributed by atoms with E-state index in [1.165, 1.54) is 0 Å². The number of urea groups is 1. The van der Waals surface area contributed by atoms with Crippen LogP contribution < -0.4 is 10.0 Å². The SMILES string of the molecule is NC(=O)N(S)c1ccc2c(c1)C(=O)c1ccccc1-2. The Balaban J connectivity index is 2.15. The fourth-order valence-corrected chi connectivity index (χ4v) is 2.40. The molecule has 0 unspecified atom stereocenters. The second-order valence-electron chi connectivity index (χ2n) is 4.25. The van der Waals surface area contributed by atoms with Crippen LogP contribution in [0.25, 0.3) is 11.1 Å². The number of nitrogens with zero attached hydrogens (tertiary/aromatic N) is 1. The van der Waals surface area contributed by atoms with Crippen LogP contribution in [0.4, 0.5) is 10.5 Å². The molecule has 94 valence electrons. The maximum atomic E-state index is 12.3. The fourth-order valence-electron chi connectivity index (χ4n) is 2.28. The van der Waals surface area contributed by atoms with E-state index in [0.29, 0.717) is 16.8 Å². The van der Waals surface area contributed by atoms with Crippen LogP contribution in [0.1, 0.15) is 15.9 Å². The van der Waals surface area contributed by atoms with E-state index in [4.69, 9.17) is 5.73 Å². The van der Waals surface area contributed by atoms with Gasteiger partial charge in [0.15, 0.2) is 5.78 Å². The Bertz CT molecular complexity index is 712. The molecular formula is C14H10N2O2S. The minimum absolute atomic E-state index is 0.0429. The molecule has 0 heterocycles. The Morgan fingerprint density at radius 2 is 1.63 bits per heavy atom. The summed E-state index contributed by atoms with van der Waals surface area (Å²) < 4.78 is 1.01. The third kappa shape index (κ3) is 1.70. The van der Waals surface area contributed by atoms with Crippen LogP contribution in [-0.2, 0) is 0 Å². The monoisotopic (exact) mass is 270 g/mol. The number of fused-ring (bicyclic) bond motifs is 3. The van der Waals surface area contributed by atoms with Gasteiger partial charge >= 0.3 is 6.03 Å². The van der Waals surface area contributed by atoms with Gasteiger partial charge in [-0.25, -0.2) is 9.10 Å². The van der Waals surface area contributed by atoms with Crippen molar-refractivity contribution in [2.24, 2.45) is 5.73 Å². The molecule has 0 bridgehead atoms. The van der Waals surface area contributed by atoms with Gasteiger partial charge in [-0.15, -0.1) is 0 Å². The number of nitrogens with two attached hydrogens (primary N) is 1. The second kappa shape index (κ2) is 4.13. The summed E-state index contributed by atoms with van der Waals surface area (Å²) in [6, 6.07) is 11.9. The molecule has 0 saturated carbocycles. The summed E-state index contributed by atoms with van der Waals surface area (Å²) in [7, 11) is 0. The number of primary amides is 1. The summed E-state index contributed by atoms with van der Waals surface area (Å²) in [5.41, 5.74) is 8.67. The summed E-state index contributed by atoms with van der Waals surface area (Å²) in [6.45, 7) is 0. The van der Waals surface area contributed by atoms with E-state index in [9.17, 15) is 9.59 Å². The highest BCUT2D eigenvalue weighted by molar-refractivity contribution is 7.82. The molecule has 0 spiro atoms. The second-order valence-corrected chi connectivity index (χ2v) is 4.65. The standard InChI is InChI=1S/C14H10N2O2S/c15-14(18)16(19)8-5-6-10-9-3-1-2-4-11(9)13(17)12(10)7-8/h1-7,19H,(H2,15,18). The maximum absolute atomic E-state index is 12.3. The van der Waals surface area contributed by atoms with E-state index in [-0.39, 0.29) is 5.78 Å². The van der Waals surface area contributed by atoms with Crippen molar-refractivity contribution in [2.75, 3.05) is 4.31 Å². The lowest BCUT2D eigenvalue weighted by molar-refractivity contribution is 0.104. The molecule has 1 aliphatic rings. The number of hydrogen-bond acceptors (Lipinski definition) is 3. The Hall–Kier alpha value is -2.27. The number of anilines is 1. The van der Waals surface area contributed by atoms with Crippen molar-refractivity contribution in [3.05, 3.63) is 53.6 Å². The molecule has 0 aliphatic heterocycles. The summed E-state index contributed by atoms with van der Waals surface area (Å²) in [5, 5.41) is 0. The molecule has 19 heavy (non-hydrogen) atoms. The highest BCUT2D eigenvalue weighted by Crippen LogP contribution is 2.38. The molecular weight excluding hydrogens is 260 g/mol. The lowest BCUT2D eigenvalue weighted by Crippen LogP contribution is -2.27. The Kier molecular flexibility index (Phi) is 2.57. The third-order valence-corrected chi connectivity index (χ3v) is 3.59. The van der Waals surface area contributed by atoms with Gasteiger partial charge in [-0.1, -0.05) is 43.1 Å². The topological polar surface area (TPSA) is 63.4 Å². The Labute approximate surface area is 115 Å². The van der Waals surface area contributed by atoms with E-state index in [2.05, 4.69) is 12.8 Å². The summed E-state index contributed by atoms with van der Waals surface area (Å²) >= 11 is 3.99. The molecule has 0 aromatic heterocycles. The molecule has 0 fully saturated rings. The highest BCUT2D eigenvalue weighted by Gasteiger charge is 2.27. The van der Waals surface area contributed by atoms with Crippen molar-refractivity contribution in [3.63, 3.8) is 0 Å². The number of benzene rings is 2. The van der Waals surface area contributed by atoms with Gasteiger partial charge in [-0.2, -0.15) is 0 Å². The molecule has 2 amide bonds. The zero-order chi connectivity index (χ0) is 13.6. The van der Waals surface area contributed by atoms with Crippen LogP contribution in [0.5, 0.6) is 0 Å². The number of carbonyl (C=O) groups excluding carboxylic acids is 2. The summed E-state index contributed by atoms with van der Waals surface area (Å²) in [4.78, 5) is 23.4. The van der Waals surface area contributed by atoms with Gasteiger partial charge in [0.1, 0.15) is 0 Å². The molecule has 3 rings (SSSR count). The van der Waals surface area contributed by atoms with Crippen LogP contribution in [-0.4, -0.2) is 11.8 Å². The van der Waals surface area contributed by atoms with Crippen molar-refractivity contribution in [1.29, 1.82) is 0 Å². The van der Waals surface area contributed by atoms with Crippen molar-refractivity contribution in [2.45, 2.75) is 0 Å². The fraction of sp³-hybridized carbons (Fsp3) is 0. The van der Waals surface area contributed by atoms with Gasteiger partial charge in [0, 0.05) is 11.1 Å². The average Bonchev–Trinajstić information content (AvgIpc) is 2.72. The molecule has 2 N–H and O–H groups in total. The van der Waals surface area contributed by atoms with Crippen LogP contribution in [0, 0.1) is 0 Å². The van der Waals surface area contributed by atoms with Gasteiger partial charge in [-0.05, 0) is 23.3 Å². The zero-order valence-corrected chi connectivity index (χ0v) is 10.7. The van der Waals surface area contributed by atoms with E-state index in [0.717, 1.165) is 15.4 Å². The number of thiol groups is 1. The average molecular weight is 270 g/mol. The van der Waals surface area contributed by atoms with E-state index in [1.54, 1.807) is 24.3 Å². The van der Waals surface area contributed by atoms with Gasteiger partial charge in [0.25, 0.3) is 0 Å². The third-order valence-electron chi connectivity index (χ3n) is 3.16. The first-order valence-electron chi connectivity index (χ1n) is 5.66. The molecule has 0 saturated heterocycles. The maximum Gasteiger partial charge on any atom is 0.329 e. The Morgan fingerprint density at radius 1 is 1.00 bits per heavy atom. The molecule has 0 atom stereocenters. The van der Waals surface area contributed by atoms with Crippen molar-refractivity contribution in [1.82, 2.24) is 0 Å². The summed E-state index contributed by atoms with van der Waals surface area (Å²) in [5.74, 6) is -0.0429. The van der Waals surface area contributed by atoms with Crippen molar-refractivity contribution >= 4 is 30.3 Å². The van der Waals surface area contributed by atoms with Crippen molar-refractivity contribution in [3.8, 4) is 11.1 Å². The van der Waals surface area contributed by atoms with Gasteiger partial charge < -0.3 is 5.73 Å². The van der Waals surface area contributed by atoms with Gasteiger partial charge in [-0.3, -0.25) is 4.79 Å². The first kappa shape index (κ1) is 11.8. The molecule has 1 aliphatic carbocycles. The first-order chi connectivity index (χ1) is 9.09. The number of ketones is 1. The van der Waals surface area contributed by atoms with Crippen LogP contribution in [0.2, 0.25) is 0 Å². The number of amides is 2. The van der Waals surface area contributed by atoms with Crippen LogP contribution >= 0.6 is 12.8 Å². The first-order valence-corrected chi connectivity index (χ1v) is 6.06. The predicted octanol–water partition coefficient (Wildman–Crippen LogP) is 2.63. The van der Waals surface area contributed by atoms with E-state index in [1.807, 2.05) is 18.2 Å². The lowest BCUT2D eigenvalue weighted by atomic mass is 10.1. The van der Waals surface area contributed by atoms with E-state index < -0.39 is 6.03 Å². The smallest absolute Gasteiger partial charge is 0.329 e. The van der Waals surface area contributed by atoms with Crippen LogP contribution in [0.3, 0.4) is 0 Å². The molecule has 2 aromatic rings. The number of rotatable bonds is 1. The molecule has 4 nitrogen and oxygen atoms in total. The minimum atomic E-state index is -0.689. The highest BCUT2D eigenvalue weighted by atomic mass is 32.1. The lowest BCUT2D eigenvalue weighted by Gasteiger charge is -2.13. The number of carbonyl (C=O) groups is 2. The molecule has 0 radical (unpaired) electrons. The van der Waals surface area contributed by atoms with Gasteiger partial charge in [0.05, 0.1) is 5.69 Å². The van der Waals surface area contributed by atoms with Crippen LogP contribution in [0.15, 0.2) is 42.5 Å². The van der Waals surface area contributed by atoms with Gasteiger partial charge in [0.2, 0.25) is 0 Å². The number of hydrogen-bond donors (Lipinski definition) is 2. The van der Waals surface area contributed by atoms with Crippen molar-refractivity contribution < 1.29 is 9.59 Å². The predicted molar refractivity (Wildman–Crippen MR) is 76.4 cm³/mol.